The number of carboxylic acid groups (broad SMARTS) is 1. The van der Waals surface area contributed by atoms with Crippen molar-refractivity contribution in [3.63, 3.8) is 0 Å². The third kappa shape index (κ3) is 4.68. The van der Waals surface area contributed by atoms with E-state index in [4.69, 9.17) is 5.11 Å². The Morgan fingerprint density at radius 2 is 2.00 bits per heavy atom. The first-order valence-electron chi connectivity index (χ1n) is 5.13. The van der Waals surface area contributed by atoms with E-state index < -0.39 is 5.97 Å². The van der Waals surface area contributed by atoms with Crippen molar-refractivity contribution in [3.8, 4) is 0 Å². The summed E-state index contributed by atoms with van der Waals surface area (Å²) in [6, 6.07) is 10.1. The van der Waals surface area contributed by atoms with Crippen molar-refractivity contribution in [2.75, 3.05) is 14.1 Å². The molecule has 0 aromatic heterocycles. The van der Waals surface area contributed by atoms with Crippen molar-refractivity contribution >= 4 is 17.7 Å². The molecule has 16 heavy (non-hydrogen) atoms. The third-order valence-electron chi connectivity index (χ3n) is 2.21. The van der Waals surface area contributed by atoms with Gasteiger partial charge in [0.25, 0.3) is 0 Å². The van der Waals surface area contributed by atoms with Gasteiger partial charge in [-0.1, -0.05) is 30.3 Å². The summed E-state index contributed by atoms with van der Waals surface area (Å²) in [4.78, 5) is 12.6. The molecule has 0 aliphatic rings. The third-order valence-corrected chi connectivity index (χ3v) is 3.68. The Morgan fingerprint density at radius 3 is 2.50 bits per heavy atom. The quantitative estimate of drug-likeness (QED) is 0.773. The van der Waals surface area contributed by atoms with Crippen LogP contribution in [0.1, 0.15) is 12.0 Å². The Labute approximate surface area is 100 Å². The highest BCUT2D eigenvalue weighted by atomic mass is 32.2. The Bertz CT molecular complexity index is 327. The molecule has 0 radical (unpaired) electrons. The minimum atomic E-state index is -0.751. The molecule has 0 aliphatic heterocycles. The molecule has 0 aliphatic carbocycles. The van der Waals surface area contributed by atoms with Crippen molar-refractivity contribution in [1.29, 1.82) is 0 Å². The molecule has 1 aromatic rings. The van der Waals surface area contributed by atoms with Gasteiger partial charge in [0.2, 0.25) is 0 Å². The van der Waals surface area contributed by atoms with Gasteiger partial charge in [-0.2, -0.15) is 0 Å². The van der Waals surface area contributed by atoms with E-state index in [-0.39, 0.29) is 11.8 Å². The topological polar surface area (TPSA) is 40.5 Å². The second kappa shape index (κ2) is 6.55. The van der Waals surface area contributed by atoms with Gasteiger partial charge in [-0.05, 0) is 19.7 Å². The lowest BCUT2D eigenvalue weighted by molar-refractivity contribution is -0.137. The molecule has 0 saturated carbocycles. The van der Waals surface area contributed by atoms with E-state index in [2.05, 4.69) is 12.1 Å². The summed E-state index contributed by atoms with van der Waals surface area (Å²) in [5.74, 6) is 0.0935. The number of hydrogen-bond acceptors (Lipinski definition) is 3. The fraction of sp³-hybridized carbons (Fsp3) is 0.417. The molecule has 1 N–H and O–H groups in total. The zero-order valence-electron chi connectivity index (χ0n) is 9.59. The molecule has 0 bridgehead atoms. The fourth-order valence-corrected chi connectivity index (χ4v) is 2.44. The number of carbonyl (C=O) groups is 1. The maximum absolute atomic E-state index is 10.7. The summed E-state index contributed by atoms with van der Waals surface area (Å²) < 4.78 is 0. The largest absolute Gasteiger partial charge is 0.481 e. The van der Waals surface area contributed by atoms with Crippen LogP contribution in [-0.2, 0) is 10.5 Å². The van der Waals surface area contributed by atoms with Crippen LogP contribution in [-0.4, -0.2) is 35.4 Å². The van der Waals surface area contributed by atoms with Gasteiger partial charge in [-0.25, -0.2) is 0 Å². The monoisotopic (exact) mass is 239 g/mol. The molecule has 0 heterocycles. The van der Waals surface area contributed by atoms with Crippen LogP contribution in [0.5, 0.6) is 0 Å². The lowest BCUT2D eigenvalue weighted by Crippen LogP contribution is -2.27. The maximum Gasteiger partial charge on any atom is 0.305 e. The van der Waals surface area contributed by atoms with E-state index in [1.165, 1.54) is 5.56 Å². The second-order valence-electron chi connectivity index (χ2n) is 3.81. The van der Waals surface area contributed by atoms with Gasteiger partial charge in [0, 0.05) is 5.75 Å². The maximum atomic E-state index is 10.7. The molecular weight excluding hydrogens is 222 g/mol. The predicted octanol–water partition coefficient (Wildman–Crippen LogP) is 2.28. The molecule has 4 heteroatoms. The summed E-state index contributed by atoms with van der Waals surface area (Å²) in [5, 5.41) is 8.82. The highest BCUT2D eigenvalue weighted by Crippen LogP contribution is 2.21. The van der Waals surface area contributed by atoms with Crippen LogP contribution in [0.4, 0.5) is 0 Å². The number of benzene rings is 1. The molecule has 0 spiro atoms. The predicted molar refractivity (Wildman–Crippen MR) is 67.5 cm³/mol. The van der Waals surface area contributed by atoms with Gasteiger partial charge in [0.1, 0.15) is 0 Å². The zero-order valence-corrected chi connectivity index (χ0v) is 10.4. The average molecular weight is 239 g/mol. The SMILES string of the molecule is CN(C)C(CC(=O)O)SCc1ccccc1. The summed E-state index contributed by atoms with van der Waals surface area (Å²) in [7, 11) is 3.82. The van der Waals surface area contributed by atoms with Crippen molar-refractivity contribution in [2.24, 2.45) is 0 Å². The highest BCUT2D eigenvalue weighted by Gasteiger charge is 2.15. The van der Waals surface area contributed by atoms with Crippen LogP contribution in [0, 0.1) is 0 Å². The van der Waals surface area contributed by atoms with Crippen molar-refractivity contribution in [2.45, 2.75) is 17.5 Å². The normalized spacial score (nSPS) is 12.7. The summed E-state index contributed by atoms with van der Waals surface area (Å²) in [5.41, 5.74) is 1.23. The molecule has 0 amide bonds. The molecule has 1 rings (SSSR count). The number of nitrogens with zero attached hydrogens (tertiary/aromatic N) is 1. The molecule has 0 saturated heterocycles. The summed E-state index contributed by atoms with van der Waals surface area (Å²) in [6.07, 6.45) is 0.171. The molecule has 3 nitrogen and oxygen atoms in total. The van der Waals surface area contributed by atoms with E-state index >= 15 is 0 Å². The van der Waals surface area contributed by atoms with Gasteiger partial charge < -0.3 is 5.11 Å². The second-order valence-corrected chi connectivity index (χ2v) is 4.98. The summed E-state index contributed by atoms with van der Waals surface area (Å²) in [6.45, 7) is 0. The summed E-state index contributed by atoms with van der Waals surface area (Å²) >= 11 is 1.66. The van der Waals surface area contributed by atoms with E-state index in [0.29, 0.717) is 0 Å². The van der Waals surface area contributed by atoms with Crippen LogP contribution in [0.15, 0.2) is 30.3 Å². The number of thioether (sulfide) groups is 1. The minimum absolute atomic E-state index is 0.0257. The Hall–Kier alpha value is -1.00. The van der Waals surface area contributed by atoms with Crippen LogP contribution in [0.2, 0.25) is 0 Å². The first-order valence-corrected chi connectivity index (χ1v) is 6.18. The Kier molecular flexibility index (Phi) is 5.35. The van der Waals surface area contributed by atoms with Crippen LogP contribution in [0.3, 0.4) is 0 Å². The molecule has 1 atom stereocenters. The van der Waals surface area contributed by atoms with Crippen LogP contribution >= 0.6 is 11.8 Å². The first kappa shape index (κ1) is 13.1. The highest BCUT2D eigenvalue weighted by molar-refractivity contribution is 7.99. The fourth-order valence-electron chi connectivity index (χ4n) is 1.31. The molecular formula is C12H17NO2S. The van der Waals surface area contributed by atoms with Crippen molar-refractivity contribution in [3.05, 3.63) is 35.9 Å². The van der Waals surface area contributed by atoms with Crippen LogP contribution < -0.4 is 0 Å². The lowest BCUT2D eigenvalue weighted by Gasteiger charge is -2.21. The van der Waals surface area contributed by atoms with E-state index in [0.717, 1.165) is 5.75 Å². The van der Waals surface area contributed by atoms with Gasteiger partial charge >= 0.3 is 5.97 Å². The lowest BCUT2D eigenvalue weighted by atomic mass is 10.2. The smallest absolute Gasteiger partial charge is 0.305 e. The van der Waals surface area contributed by atoms with Gasteiger partial charge in [-0.3, -0.25) is 9.69 Å². The number of hydrogen-bond donors (Lipinski definition) is 1. The van der Waals surface area contributed by atoms with Crippen molar-refractivity contribution in [1.82, 2.24) is 4.90 Å². The zero-order chi connectivity index (χ0) is 12.0. The average Bonchev–Trinajstić information content (AvgIpc) is 2.25. The van der Waals surface area contributed by atoms with E-state index in [1.807, 2.05) is 37.2 Å². The standard InChI is InChI=1S/C12H17NO2S/c1-13(2)11(8-12(14)15)16-9-10-6-4-3-5-7-10/h3-7,11H,8-9H2,1-2H3,(H,14,15). The van der Waals surface area contributed by atoms with Crippen molar-refractivity contribution < 1.29 is 9.90 Å². The van der Waals surface area contributed by atoms with Gasteiger partial charge in [0.05, 0.1) is 11.8 Å². The number of aliphatic carboxylic acids is 1. The number of rotatable bonds is 6. The first-order chi connectivity index (χ1) is 7.59. The van der Waals surface area contributed by atoms with Crippen LogP contribution in [0.25, 0.3) is 0 Å². The van der Waals surface area contributed by atoms with E-state index in [1.54, 1.807) is 11.8 Å². The molecule has 88 valence electrons. The Balaban J connectivity index is 2.47. The molecule has 0 fully saturated rings. The number of carboxylic acids is 1. The van der Waals surface area contributed by atoms with Gasteiger partial charge in [-0.15, -0.1) is 11.8 Å². The minimum Gasteiger partial charge on any atom is -0.481 e. The van der Waals surface area contributed by atoms with E-state index in [9.17, 15) is 4.79 Å². The molecule has 1 unspecified atom stereocenters. The Morgan fingerprint density at radius 1 is 1.38 bits per heavy atom. The van der Waals surface area contributed by atoms with Gasteiger partial charge in [0.15, 0.2) is 0 Å². The molecule has 1 aromatic carbocycles.